The van der Waals surface area contributed by atoms with E-state index in [2.05, 4.69) is 31.2 Å². The first-order chi connectivity index (χ1) is 11.6. The summed E-state index contributed by atoms with van der Waals surface area (Å²) >= 11 is 0. The van der Waals surface area contributed by atoms with Crippen molar-refractivity contribution in [2.24, 2.45) is 0 Å². The van der Waals surface area contributed by atoms with Crippen LogP contribution < -0.4 is 10.2 Å². The summed E-state index contributed by atoms with van der Waals surface area (Å²) in [6.45, 7) is 7.49. The minimum absolute atomic E-state index is 0.0121. The second-order valence-electron chi connectivity index (χ2n) is 6.06. The molecule has 1 atom stereocenters. The van der Waals surface area contributed by atoms with Crippen LogP contribution in [0.15, 0.2) is 42.7 Å². The van der Waals surface area contributed by atoms with Crippen molar-refractivity contribution in [3.63, 3.8) is 0 Å². The number of anilines is 2. The quantitative estimate of drug-likeness (QED) is 0.931. The predicted molar refractivity (Wildman–Crippen MR) is 95.1 cm³/mol. The molecule has 2 aromatic heterocycles. The van der Waals surface area contributed by atoms with Crippen molar-refractivity contribution < 1.29 is 4.79 Å². The van der Waals surface area contributed by atoms with E-state index in [-0.39, 0.29) is 11.9 Å². The molecule has 0 aromatic carbocycles. The van der Waals surface area contributed by atoms with Crippen LogP contribution in [-0.2, 0) is 4.79 Å². The lowest BCUT2D eigenvalue weighted by Gasteiger charge is -2.38. The number of carbonyl (C=O) groups is 1. The fourth-order valence-corrected chi connectivity index (χ4v) is 2.93. The number of amides is 1. The third-order valence-electron chi connectivity index (χ3n) is 4.40. The van der Waals surface area contributed by atoms with E-state index >= 15 is 0 Å². The summed E-state index contributed by atoms with van der Waals surface area (Å²) in [5.74, 6) is 0.585. The van der Waals surface area contributed by atoms with E-state index in [9.17, 15) is 4.79 Å². The van der Waals surface area contributed by atoms with Gasteiger partial charge in [0.15, 0.2) is 0 Å². The molecular weight excluding hydrogens is 302 g/mol. The molecule has 1 aliphatic heterocycles. The lowest BCUT2D eigenvalue weighted by Crippen LogP contribution is -2.52. The average molecular weight is 325 g/mol. The van der Waals surface area contributed by atoms with Gasteiger partial charge in [0.1, 0.15) is 5.82 Å². The highest BCUT2D eigenvalue weighted by atomic mass is 16.2. The van der Waals surface area contributed by atoms with Gasteiger partial charge < -0.3 is 10.2 Å². The topological polar surface area (TPSA) is 61.4 Å². The number of piperazine rings is 1. The molecule has 6 heteroatoms. The van der Waals surface area contributed by atoms with Crippen LogP contribution in [0, 0.1) is 6.92 Å². The molecule has 1 aliphatic rings. The van der Waals surface area contributed by atoms with Gasteiger partial charge >= 0.3 is 0 Å². The predicted octanol–water partition coefficient (Wildman–Crippen LogP) is 1.93. The lowest BCUT2D eigenvalue weighted by atomic mass is 10.2. The summed E-state index contributed by atoms with van der Waals surface area (Å²) in [6.07, 6.45) is 3.52. The monoisotopic (exact) mass is 325 g/mol. The summed E-state index contributed by atoms with van der Waals surface area (Å²) in [5, 5.41) is 2.88. The van der Waals surface area contributed by atoms with Crippen molar-refractivity contribution in [2.45, 2.75) is 19.9 Å². The molecule has 6 nitrogen and oxygen atoms in total. The fourth-order valence-electron chi connectivity index (χ4n) is 2.93. The van der Waals surface area contributed by atoms with E-state index in [1.54, 1.807) is 12.3 Å². The van der Waals surface area contributed by atoms with Crippen molar-refractivity contribution in [3.05, 3.63) is 48.4 Å². The minimum Gasteiger partial charge on any atom is -0.369 e. The Morgan fingerprint density at radius 1 is 1.12 bits per heavy atom. The average Bonchev–Trinajstić information content (AvgIpc) is 2.62. The molecule has 0 saturated carbocycles. The van der Waals surface area contributed by atoms with Crippen LogP contribution in [0.2, 0.25) is 0 Å². The Morgan fingerprint density at radius 3 is 2.58 bits per heavy atom. The van der Waals surface area contributed by atoms with Crippen LogP contribution >= 0.6 is 0 Å². The third kappa shape index (κ3) is 3.89. The zero-order valence-electron chi connectivity index (χ0n) is 14.1. The number of aryl methyl sites for hydroxylation is 1. The molecule has 0 aliphatic carbocycles. The first-order valence-corrected chi connectivity index (χ1v) is 8.27. The van der Waals surface area contributed by atoms with Gasteiger partial charge in [-0.05, 0) is 38.1 Å². The Bertz CT molecular complexity index is 683. The summed E-state index contributed by atoms with van der Waals surface area (Å²) in [5.41, 5.74) is 2.23. The first-order valence-electron chi connectivity index (χ1n) is 8.27. The van der Waals surface area contributed by atoms with Crippen molar-refractivity contribution in [2.75, 3.05) is 36.4 Å². The molecule has 2 aromatic rings. The van der Waals surface area contributed by atoms with Gasteiger partial charge in [0.2, 0.25) is 5.91 Å². The molecule has 0 bridgehead atoms. The van der Waals surface area contributed by atoms with Crippen molar-refractivity contribution in [3.8, 4) is 0 Å². The van der Waals surface area contributed by atoms with Gasteiger partial charge in [-0.1, -0.05) is 6.07 Å². The van der Waals surface area contributed by atoms with Crippen LogP contribution in [0.1, 0.15) is 12.6 Å². The Hall–Kier alpha value is -2.47. The summed E-state index contributed by atoms with van der Waals surface area (Å²) < 4.78 is 0. The first kappa shape index (κ1) is 16.4. The smallest absolute Gasteiger partial charge is 0.242 e. The Kier molecular flexibility index (Phi) is 5.05. The molecular formula is C18H23N5O. The van der Waals surface area contributed by atoms with Gasteiger partial charge in [0.05, 0.1) is 6.04 Å². The molecule has 1 saturated heterocycles. The van der Waals surface area contributed by atoms with Crippen LogP contribution in [0.5, 0.6) is 0 Å². The summed E-state index contributed by atoms with van der Waals surface area (Å²) in [4.78, 5) is 25.3. The molecule has 126 valence electrons. The molecule has 3 rings (SSSR count). The molecule has 1 N–H and O–H groups in total. The van der Waals surface area contributed by atoms with Gasteiger partial charge in [0, 0.05) is 50.0 Å². The Labute approximate surface area is 142 Å². The van der Waals surface area contributed by atoms with E-state index in [1.807, 2.05) is 38.2 Å². The minimum atomic E-state index is -0.173. The van der Waals surface area contributed by atoms with Crippen LogP contribution in [0.4, 0.5) is 11.5 Å². The van der Waals surface area contributed by atoms with Crippen molar-refractivity contribution in [1.29, 1.82) is 0 Å². The van der Waals surface area contributed by atoms with E-state index in [0.29, 0.717) is 5.82 Å². The van der Waals surface area contributed by atoms with Gasteiger partial charge in [-0.3, -0.25) is 14.7 Å². The van der Waals surface area contributed by atoms with E-state index in [0.717, 1.165) is 31.9 Å². The van der Waals surface area contributed by atoms with Gasteiger partial charge in [-0.25, -0.2) is 4.98 Å². The number of hydrogen-bond acceptors (Lipinski definition) is 5. The summed E-state index contributed by atoms with van der Waals surface area (Å²) in [6, 6.07) is 9.47. The van der Waals surface area contributed by atoms with Gasteiger partial charge in [-0.15, -0.1) is 0 Å². The fraction of sp³-hybridized carbons (Fsp3) is 0.389. The molecule has 0 radical (unpaired) electrons. The summed E-state index contributed by atoms with van der Waals surface area (Å²) in [7, 11) is 0. The van der Waals surface area contributed by atoms with Crippen molar-refractivity contribution in [1.82, 2.24) is 14.9 Å². The van der Waals surface area contributed by atoms with E-state index < -0.39 is 0 Å². The van der Waals surface area contributed by atoms with Crippen molar-refractivity contribution >= 4 is 17.4 Å². The second kappa shape index (κ2) is 7.40. The van der Waals surface area contributed by atoms with Crippen LogP contribution in [0.3, 0.4) is 0 Å². The second-order valence-corrected chi connectivity index (χ2v) is 6.06. The number of hydrogen-bond donors (Lipinski definition) is 1. The largest absolute Gasteiger partial charge is 0.369 e. The SMILES string of the molecule is Cc1cc(N2CCN(C(C)C(=O)Nc3ccccn3)CC2)ccn1. The maximum absolute atomic E-state index is 12.4. The highest BCUT2D eigenvalue weighted by Gasteiger charge is 2.25. The molecule has 0 spiro atoms. The Morgan fingerprint density at radius 2 is 1.92 bits per heavy atom. The molecule has 1 unspecified atom stereocenters. The zero-order valence-corrected chi connectivity index (χ0v) is 14.1. The zero-order chi connectivity index (χ0) is 16.9. The maximum atomic E-state index is 12.4. The van der Waals surface area contributed by atoms with E-state index in [4.69, 9.17) is 0 Å². The van der Waals surface area contributed by atoms with Crippen LogP contribution in [-0.4, -0.2) is 53.0 Å². The van der Waals surface area contributed by atoms with Gasteiger partial charge in [-0.2, -0.15) is 0 Å². The highest BCUT2D eigenvalue weighted by molar-refractivity contribution is 5.93. The normalized spacial score (nSPS) is 16.7. The van der Waals surface area contributed by atoms with Gasteiger partial charge in [0.25, 0.3) is 0 Å². The number of pyridine rings is 2. The van der Waals surface area contributed by atoms with E-state index in [1.165, 1.54) is 5.69 Å². The maximum Gasteiger partial charge on any atom is 0.242 e. The lowest BCUT2D eigenvalue weighted by molar-refractivity contribution is -0.120. The number of carbonyl (C=O) groups excluding carboxylic acids is 1. The number of nitrogens with zero attached hydrogens (tertiary/aromatic N) is 4. The number of aromatic nitrogens is 2. The molecule has 1 fully saturated rings. The highest BCUT2D eigenvalue weighted by Crippen LogP contribution is 2.17. The standard InChI is InChI=1S/C18H23N5O/c1-14-13-16(6-8-19-14)23-11-9-22(10-12-23)15(2)18(24)21-17-5-3-4-7-20-17/h3-8,13,15H,9-12H2,1-2H3,(H,20,21,24). The third-order valence-corrected chi connectivity index (χ3v) is 4.40. The van der Waals surface area contributed by atoms with Crippen LogP contribution in [0.25, 0.3) is 0 Å². The molecule has 3 heterocycles. The molecule has 1 amide bonds. The Balaban J connectivity index is 1.55. The number of rotatable bonds is 4. The number of nitrogens with one attached hydrogen (secondary N) is 1. The molecule has 24 heavy (non-hydrogen) atoms.